The van der Waals surface area contributed by atoms with Crippen LogP contribution in [-0.2, 0) is 16.1 Å². The van der Waals surface area contributed by atoms with E-state index in [0.29, 0.717) is 6.54 Å². The zero-order valence-corrected chi connectivity index (χ0v) is 20.8. The van der Waals surface area contributed by atoms with E-state index in [9.17, 15) is 9.59 Å². The standard InChI is InChI=1S/C30H34N4O2/c1-23(25-10-6-3-7-11-25)34-22-26(20-29(34)35)30(36)31-27-12-14-28(15-13-27)33-18-16-32(17-19-33)21-24-8-4-2-5-9-24/h2-15,23,26H,16-22H2,1H3,(H,31,36)/t23-,26+/m0/s1. The van der Waals surface area contributed by atoms with Crippen molar-refractivity contribution in [3.05, 3.63) is 96.1 Å². The molecular formula is C30H34N4O2. The van der Waals surface area contributed by atoms with Crippen LogP contribution in [0.15, 0.2) is 84.9 Å². The molecule has 0 aliphatic carbocycles. The van der Waals surface area contributed by atoms with E-state index in [1.165, 1.54) is 11.3 Å². The van der Waals surface area contributed by atoms with Crippen LogP contribution in [-0.4, -0.2) is 54.3 Å². The fourth-order valence-corrected chi connectivity index (χ4v) is 5.20. The Morgan fingerprint density at radius 3 is 2.19 bits per heavy atom. The van der Waals surface area contributed by atoms with Crippen molar-refractivity contribution in [2.24, 2.45) is 5.92 Å². The van der Waals surface area contributed by atoms with E-state index in [-0.39, 0.29) is 30.2 Å². The number of carbonyl (C=O) groups is 2. The SMILES string of the molecule is C[C@@H](c1ccccc1)N1C[C@H](C(=O)Nc2ccc(N3CCN(Cc4ccccc4)CC3)cc2)CC1=O. The van der Waals surface area contributed by atoms with Gasteiger partial charge in [0.1, 0.15) is 0 Å². The first-order valence-electron chi connectivity index (χ1n) is 12.8. The number of carbonyl (C=O) groups excluding carboxylic acids is 2. The fraction of sp³-hybridized carbons (Fsp3) is 0.333. The number of nitrogens with one attached hydrogen (secondary N) is 1. The van der Waals surface area contributed by atoms with Gasteiger partial charge in [-0.05, 0) is 42.3 Å². The molecule has 2 saturated heterocycles. The smallest absolute Gasteiger partial charge is 0.229 e. The molecule has 6 nitrogen and oxygen atoms in total. The predicted octanol–water partition coefficient (Wildman–Crippen LogP) is 4.56. The topological polar surface area (TPSA) is 55.9 Å². The minimum atomic E-state index is -0.332. The van der Waals surface area contributed by atoms with Crippen LogP contribution in [0.5, 0.6) is 0 Å². The zero-order chi connectivity index (χ0) is 24.9. The van der Waals surface area contributed by atoms with Gasteiger partial charge in [0.05, 0.1) is 12.0 Å². The van der Waals surface area contributed by atoms with E-state index in [1.54, 1.807) is 0 Å². The summed E-state index contributed by atoms with van der Waals surface area (Å²) in [5, 5.41) is 3.02. The third-order valence-electron chi connectivity index (χ3n) is 7.40. The number of rotatable bonds is 7. The summed E-state index contributed by atoms with van der Waals surface area (Å²) in [5.74, 6) is -0.386. The lowest BCUT2D eigenvalue weighted by molar-refractivity contribution is -0.129. The first-order chi connectivity index (χ1) is 17.6. The summed E-state index contributed by atoms with van der Waals surface area (Å²) < 4.78 is 0. The second-order valence-corrected chi connectivity index (χ2v) is 9.82. The van der Waals surface area contributed by atoms with Crippen molar-refractivity contribution in [3.8, 4) is 0 Å². The van der Waals surface area contributed by atoms with Crippen LogP contribution in [0.25, 0.3) is 0 Å². The average Bonchev–Trinajstić information content (AvgIpc) is 3.32. The molecule has 36 heavy (non-hydrogen) atoms. The van der Waals surface area contributed by atoms with Crippen LogP contribution in [0.4, 0.5) is 11.4 Å². The molecule has 3 aromatic carbocycles. The number of benzene rings is 3. The van der Waals surface area contributed by atoms with Gasteiger partial charge in [0.25, 0.3) is 0 Å². The highest BCUT2D eigenvalue weighted by Gasteiger charge is 2.37. The molecule has 2 fully saturated rings. The van der Waals surface area contributed by atoms with Gasteiger partial charge < -0.3 is 15.1 Å². The lowest BCUT2D eigenvalue weighted by Crippen LogP contribution is -2.45. The van der Waals surface area contributed by atoms with Crippen LogP contribution < -0.4 is 10.2 Å². The molecule has 2 heterocycles. The van der Waals surface area contributed by atoms with Gasteiger partial charge in [0.2, 0.25) is 11.8 Å². The normalized spacial score (nSPS) is 19.4. The molecule has 2 aliphatic heterocycles. The highest BCUT2D eigenvalue weighted by atomic mass is 16.2. The van der Waals surface area contributed by atoms with Gasteiger partial charge >= 0.3 is 0 Å². The van der Waals surface area contributed by atoms with Crippen molar-refractivity contribution in [2.75, 3.05) is 42.9 Å². The van der Waals surface area contributed by atoms with Crippen molar-refractivity contribution in [1.29, 1.82) is 0 Å². The number of likely N-dealkylation sites (tertiary alicyclic amines) is 1. The Hall–Kier alpha value is -3.64. The van der Waals surface area contributed by atoms with Crippen molar-refractivity contribution < 1.29 is 9.59 Å². The third-order valence-corrected chi connectivity index (χ3v) is 7.40. The Labute approximate surface area is 213 Å². The van der Waals surface area contributed by atoms with Crippen molar-refractivity contribution in [2.45, 2.75) is 25.9 Å². The quantitative estimate of drug-likeness (QED) is 0.537. The van der Waals surface area contributed by atoms with Crippen LogP contribution in [0.3, 0.4) is 0 Å². The third kappa shape index (κ3) is 5.60. The molecule has 0 aromatic heterocycles. The van der Waals surface area contributed by atoms with Gasteiger partial charge in [-0.25, -0.2) is 0 Å². The van der Waals surface area contributed by atoms with Gasteiger partial charge in [0.15, 0.2) is 0 Å². The zero-order valence-electron chi connectivity index (χ0n) is 20.8. The van der Waals surface area contributed by atoms with E-state index >= 15 is 0 Å². The molecule has 0 unspecified atom stereocenters. The molecule has 1 N–H and O–H groups in total. The minimum absolute atomic E-state index is 0.0354. The molecule has 0 radical (unpaired) electrons. The van der Waals surface area contributed by atoms with Gasteiger partial charge in [0, 0.05) is 57.1 Å². The Morgan fingerprint density at radius 2 is 1.53 bits per heavy atom. The summed E-state index contributed by atoms with van der Waals surface area (Å²) in [6.07, 6.45) is 0.258. The first-order valence-corrected chi connectivity index (χ1v) is 12.8. The molecule has 2 atom stereocenters. The van der Waals surface area contributed by atoms with Crippen LogP contribution in [0.1, 0.15) is 30.5 Å². The van der Waals surface area contributed by atoms with Crippen molar-refractivity contribution >= 4 is 23.2 Å². The molecular weight excluding hydrogens is 448 g/mol. The maximum Gasteiger partial charge on any atom is 0.229 e. The van der Waals surface area contributed by atoms with Crippen molar-refractivity contribution in [1.82, 2.24) is 9.80 Å². The molecule has 0 saturated carbocycles. The lowest BCUT2D eigenvalue weighted by atomic mass is 10.1. The largest absolute Gasteiger partial charge is 0.369 e. The Bertz CT molecular complexity index is 1160. The van der Waals surface area contributed by atoms with Crippen LogP contribution >= 0.6 is 0 Å². The molecule has 5 rings (SSSR count). The molecule has 0 spiro atoms. The number of piperazine rings is 1. The first kappa shape index (κ1) is 24.1. The van der Waals surface area contributed by atoms with E-state index < -0.39 is 0 Å². The summed E-state index contributed by atoms with van der Waals surface area (Å²) in [6, 6.07) is 28.6. The lowest BCUT2D eigenvalue weighted by Gasteiger charge is -2.36. The number of anilines is 2. The summed E-state index contributed by atoms with van der Waals surface area (Å²) in [6.45, 7) is 7.49. The second kappa shape index (κ2) is 11.0. The van der Waals surface area contributed by atoms with E-state index in [2.05, 4.69) is 57.6 Å². The highest BCUT2D eigenvalue weighted by Crippen LogP contribution is 2.29. The molecule has 2 amide bonds. The maximum absolute atomic E-state index is 12.9. The predicted molar refractivity (Wildman–Crippen MR) is 144 cm³/mol. The summed E-state index contributed by atoms with van der Waals surface area (Å²) in [7, 11) is 0. The number of hydrogen-bond acceptors (Lipinski definition) is 4. The summed E-state index contributed by atoms with van der Waals surface area (Å²) >= 11 is 0. The number of hydrogen-bond donors (Lipinski definition) is 1. The van der Waals surface area contributed by atoms with E-state index in [0.717, 1.165) is 44.0 Å². The Kier molecular flexibility index (Phi) is 7.33. The summed E-state index contributed by atoms with van der Waals surface area (Å²) in [5.41, 5.74) is 4.38. The summed E-state index contributed by atoms with van der Waals surface area (Å²) in [4.78, 5) is 32.3. The molecule has 186 valence electrons. The Balaban J connectivity index is 1.12. The molecule has 3 aromatic rings. The minimum Gasteiger partial charge on any atom is -0.369 e. The van der Waals surface area contributed by atoms with Gasteiger partial charge in [-0.15, -0.1) is 0 Å². The van der Waals surface area contributed by atoms with Crippen LogP contribution in [0.2, 0.25) is 0 Å². The van der Waals surface area contributed by atoms with Gasteiger partial charge in [-0.3, -0.25) is 14.5 Å². The van der Waals surface area contributed by atoms with E-state index in [1.807, 2.05) is 54.3 Å². The molecule has 2 aliphatic rings. The fourth-order valence-electron chi connectivity index (χ4n) is 5.20. The second-order valence-electron chi connectivity index (χ2n) is 9.82. The molecule has 6 heteroatoms. The average molecular weight is 483 g/mol. The highest BCUT2D eigenvalue weighted by molar-refractivity contribution is 5.97. The van der Waals surface area contributed by atoms with E-state index in [4.69, 9.17) is 0 Å². The Morgan fingerprint density at radius 1 is 0.889 bits per heavy atom. The van der Waals surface area contributed by atoms with Crippen molar-refractivity contribution in [3.63, 3.8) is 0 Å². The monoisotopic (exact) mass is 482 g/mol. The van der Waals surface area contributed by atoms with Crippen LogP contribution in [0, 0.1) is 5.92 Å². The maximum atomic E-state index is 12.9. The molecule has 0 bridgehead atoms. The van der Waals surface area contributed by atoms with Gasteiger partial charge in [-0.1, -0.05) is 60.7 Å². The number of nitrogens with zero attached hydrogens (tertiary/aromatic N) is 3. The number of amides is 2. The van der Waals surface area contributed by atoms with Gasteiger partial charge in [-0.2, -0.15) is 0 Å².